The van der Waals surface area contributed by atoms with Crippen LogP contribution in [0.4, 0.5) is 5.69 Å². The number of aromatic nitrogens is 1. The zero-order valence-corrected chi connectivity index (χ0v) is 20.6. The number of hydrogen-bond acceptors (Lipinski definition) is 3. The fourth-order valence-electron chi connectivity index (χ4n) is 5.01. The lowest BCUT2D eigenvalue weighted by Gasteiger charge is -2.36. The van der Waals surface area contributed by atoms with E-state index < -0.39 is 0 Å². The van der Waals surface area contributed by atoms with Gasteiger partial charge in [0.25, 0.3) is 5.91 Å². The van der Waals surface area contributed by atoms with Crippen molar-refractivity contribution in [1.82, 2.24) is 9.47 Å². The van der Waals surface area contributed by atoms with Crippen LogP contribution < -0.4 is 9.64 Å². The van der Waals surface area contributed by atoms with E-state index in [1.165, 1.54) is 11.3 Å². The molecule has 1 aromatic heterocycles. The van der Waals surface area contributed by atoms with Gasteiger partial charge in [-0.3, -0.25) is 4.79 Å². The molecule has 5 heteroatoms. The third kappa shape index (κ3) is 4.30. The molecular formula is C30H31N3O2. The first kappa shape index (κ1) is 22.8. The van der Waals surface area contributed by atoms with Gasteiger partial charge in [0.15, 0.2) is 0 Å². The van der Waals surface area contributed by atoms with Crippen LogP contribution in [-0.2, 0) is 0 Å². The largest absolute Gasteiger partial charge is 0.495 e. The van der Waals surface area contributed by atoms with Gasteiger partial charge >= 0.3 is 0 Å². The number of piperazine rings is 1. The molecule has 1 amide bonds. The Balaban J connectivity index is 1.48. The Bertz CT molecular complexity index is 1330. The molecule has 1 aliphatic heterocycles. The molecular weight excluding hydrogens is 434 g/mol. The number of hydrogen-bond donors (Lipinski definition) is 0. The van der Waals surface area contributed by atoms with Crippen molar-refractivity contribution in [2.75, 3.05) is 38.2 Å². The average molecular weight is 466 g/mol. The molecule has 0 atom stereocenters. The maximum absolute atomic E-state index is 13.8. The molecule has 4 aromatic rings. The maximum atomic E-state index is 13.8. The summed E-state index contributed by atoms with van der Waals surface area (Å²) in [5, 5.41) is 0. The lowest BCUT2D eigenvalue weighted by Crippen LogP contribution is -2.49. The molecule has 0 N–H and O–H groups in total. The third-order valence-electron chi connectivity index (χ3n) is 6.90. The van der Waals surface area contributed by atoms with E-state index in [1.54, 1.807) is 7.11 Å². The van der Waals surface area contributed by atoms with Gasteiger partial charge in [-0.05, 0) is 49.2 Å². The second-order valence-corrected chi connectivity index (χ2v) is 8.97. The normalized spacial score (nSPS) is 13.7. The lowest BCUT2D eigenvalue weighted by atomic mass is 10.1. The molecule has 35 heavy (non-hydrogen) atoms. The van der Waals surface area contributed by atoms with Crippen LogP contribution in [0.5, 0.6) is 5.75 Å². The number of rotatable bonds is 5. The zero-order chi connectivity index (χ0) is 24.4. The molecule has 0 bridgehead atoms. The number of methoxy groups -OCH3 is 1. The summed E-state index contributed by atoms with van der Waals surface area (Å²) in [7, 11) is 1.68. The van der Waals surface area contributed by atoms with Crippen molar-refractivity contribution in [3.63, 3.8) is 0 Å². The number of ether oxygens (including phenoxy) is 1. The molecule has 3 aromatic carbocycles. The van der Waals surface area contributed by atoms with Gasteiger partial charge in [0.2, 0.25) is 0 Å². The standard InChI is InChI=1S/C30H31N3O2/c1-22-11-7-8-14-26(22)31-17-19-32(20-18-31)30(34)25-21-28(24-12-5-4-6-13-24)33(23(25)2)27-15-9-10-16-29(27)35-3/h4-16,21H,17-20H2,1-3H3. The highest BCUT2D eigenvalue weighted by molar-refractivity contribution is 5.97. The first-order valence-corrected chi connectivity index (χ1v) is 12.1. The molecule has 1 saturated heterocycles. The van der Waals surface area contributed by atoms with E-state index in [0.29, 0.717) is 13.1 Å². The van der Waals surface area contributed by atoms with Gasteiger partial charge in [-0.2, -0.15) is 0 Å². The first-order chi connectivity index (χ1) is 17.1. The van der Waals surface area contributed by atoms with Gasteiger partial charge in [0, 0.05) is 37.6 Å². The van der Waals surface area contributed by atoms with Crippen LogP contribution in [0.2, 0.25) is 0 Å². The van der Waals surface area contributed by atoms with Gasteiger partial charge in [0.1, 0.15) is 5.75 Å². The van der Waals surface area contributed by atoms with E-state index >= 15 is 0 Å². The van der Waals surface area contributed by atoms with E-state index in [-0.39, 0.29) is 5.91 Å². The quantitative estimate of drug-likeness (QED) is 0.378. The van der Waals surface area contributed by atoms with E-state index in [1.807, 2.05) is 60.4 Å². The molecule has 0 unspecified atom stereocenters. The van der Waals surface area contributed by atoms with Crippen LogP contribution in [0.15, 0.2) is 84.9 Å². The van der Waals surface area contributed by atoms with Crippen LogP contribution in [0.3, 0.4) is 0 Å². The predicted molar refractivity (Wildman–Crippen MR) is 142 cm³/mol. The van der Waals surface area contributed by atoms with Crippen molar-refractivity contribution in [2.45, 2.75) is 13.8 Å². The molecule has 0 radical (unpaired) electrons. The van der Waals surface area contributed by atoms with Crippen molar-refractivity contribution < 1.29 is 9.53 Å². The van der Waals surface area contributed by atoms with Crippen LogP contribution >= 0.6 is 0 Å². The number of carbonyl (C=O) groups excluding carboxylic acids is 1. The van der Waals surface area contributed by atoms with E-state index in [4.69, 9.17) is 4.74 Å². The van der Waals surface area contributed by atoms with E-state index in [2.05, 4.69) is 52.8 Å². The monoisotopic (exact) mass is 465 g/mol. The van der Waals surface area contributed by atoms with Crippen LogP contribution in [-0.4, -0.2) is 48.7 Å². The number of nitrogens with zero attached hydrogens (tertiary/aromatic N) is 3. The fraction of sp³-hybridized carbons (Fsp3) is 0.233. The number of aryl methyl sites for hydroxylation is 1. The fourth-order valence-corrected chi connectivity index (χ4v) is 5.01. The Morgan fingerprint density at radius 3 is 2.09 bits per heavy atom. The van der Waals surface area contributed by atoms with E-state index in [0.717, 1.165) is 47.0 Å². The second-order valence-electron chi connectivity index (χ2n) is 8.97. The number of carbonyl (C=O) groups is 1. The summed E-state index contributed by atoms with van der Waals surface area (Å²) >= 11 is 0. The Hall–Kier alpha value is -3.99. The smallest absolute Gasteiger partial charge is 0.255 e. The Labute approximate surface area is 207 Å². The van der Waals surface area contributed by atoms with Gasteiger partial charge in [0.05, 0.1) is 24.1 Å². The molecule has 1 fully saturated rings. The molecule has 0 saturated carbocycles. The highest BCUT2D eigenvalue weighted by atomic mass is 16.5. The Morgan fingerprint density at radius 1 is 0.771 bits per heavy atom. The van der Waals surface area contributed by atoms with Crippen molar-refractivity contribution >= 4 is 11.6 Å². The summed E-state index contributed by atoms with van der Waals surface area (Å²) in [6.07, 6.45) is 0. The molecule has 5 nitrogen and oxygen atoms in total. The molecule has 0 spiro atoms. The van der Waals surface area contributed by atoms with E-state index in [9.17, 15) is 4.79 Å². The number of benzene rings is 3. The SMILES string of the molecule is COc1ccccc1-n1c(-c2ccccc2)cc(C(=O)N2CCN(c3ccccc3C)CC2)c1C. The summed E-state index contributed by atoms with van der Waals surface area (Å²) in [6.45, 7) is 7.22. The molecule has 178 valence electrons. The van der Waals surface area contributed by atoms with Crippen molar-refractivity contribution in [3.8, 4) is 22.7 Å². The summed E-state index contributed by atoms with van der Waals surface area (Å²) in [4.78, 5) is 18.1. The predicted octanol–water partition coefficient (Wildman–Crippen LogP) is 5.73. The molecule has 1 aliphatic rings. The van der Waals surface area contributed by atoms with Crippen LogP contribution in [0.25, 0.3) is 16.9 Å². The van der Waals surface area contributed by atoms with Gasteiger partial charge in [-0.25, -0.2) is 0 Å². The number of amides is 1. The van der Waals surface area contributed by atoms with Crippen molar-refractivity contribution in [2.24, 2.45) is 0 Å². The summed E-state index contributed by atoms with van der Waals surface area (Å²) in [5.41, 5.74) is 7.14. The third-order valence-corrected chi connectivity index (χ3v) is 6.90. The first-order valence-electron chi connectivity index (χ1n) is 12.1. The number of para-hydroxylation sites is 3. The Kier molecular flexibility index (Phi) is 6.32. The summed E-state index contributed by atoms with van der Waals surface area (Å²) in [6, 6.07) is 28.6. The minimum atomic E-state index is 0.0813. The van der Waals surface area contributed by atoms with Crippen LogP contribution in [0.1, 0.15) is 21.6 Å². The highest BCUT2D eigenvalue weighted by Gasteiger charge is 2.27. The van der Waals surface area contributed by atoms with Gasteiger partial charge in [-0.1, -0.05) is 60.7 Å². The maximum Gasteiger partial charge on any atom is 0.255 e. The van der Waals surface area contributed by atoms with Gasteiger partial charge < -0.3 is 19.1 Å². The lowest BCUT2D eigenvalue weighted by molar-refractivity contribution is 0.0746. The zero-order valence-electron chi connectivity index (χ0n) is 20.6. The molecule has 0 aliphatic carbocycles. The highest BCUT2D eigenvalue weighted by Crippen LogP contribution is 2.34. The van der Waals surface area contributed by atoms with Gasteiger partial charge in [-0.15, -0.1) is 0 Å². The minimum Gasteiger partial charge on any atom is -0.495 e. The molecule has 2 heterocycles. The average Bonchev–Trinajstić information content (AvgIpc) is 3.26. The molecule has 5 rings (SSSR count). The Morgan fingerprint density at radius 2 is 1.40 bits per heavy atom. The minimum absolute atomic E-state index is 0.0813. The van der Waals surface area contributed by atoms with Crippen LogP contribution in [0, 0.1) is 13.8 Å². The van der Waals surface area contributed by atoms with Crippen molar-refractivity contribution in [1.29, 1.82) is 0 Å². The summed E-state index contributed by atoms with van der Waals surface area (Å²) in [5.74, 6) is 0.854. The van der Waals surface area contributed by atoms with Crippen molar-refractivity contribution in [3.05, 3.63) is 102 Å². The topological polar surface area (TPSA) is 37.7 Å². The summed E-state index contributed by atoms with van der Waals surface area (Å²) < 4.78 is 7.82. The number of anilines is 1. The second kappa shape index (κ2) is 9.71.